The van der Waals surface area contributed by atoms with Crippen molar-refractivity contribution in [3.63, 3.8) is 0 Å². The van der Waals surface area contributed by atoms with Crippen LogP contribution in [0, 0.1) is 10.1 Å². The van der Waals surface area contributed by atoms with E-state index in [-0.39, 0.29) is 11.5 Å². The van der Waals surface area contributed by atoms with Gasteiger partial charge in [0.25, 0.3) is 5.69 Å². The van der Waals surface area contributed by atoms with Crippen molar-refractivity contribution in [2.24, 2.45) is 12.9 Å². The number of nitro groups is 1. The second-order valence-corrected chi connectivity index (χ2v) is 4.20. The molecule has 2 aromatic rings. The van der Waals surface area contributed by atoms with E-state index in [0.717, 1.165) is 12.0 Å². The van der Waals surface area contributed by atoms with Crippen molar-refractivity contribution in [1.29, 1.82) is 0 Å². The lowest BCUT2D eigenvalue weighted by molar-refractivity contribution is -0.384. The molecule has 106 valence electrons. The van der Waals surface area contributed by atoms with E-state index < -0.39 is 4.92 Å². The zero-order valence-electron chi connectivity index (χ0n) is 10.9. The standard InChI is InChI=1S/C11H15N7O2/c1-17-7-8(6-14-17)2-3-13-10-4-9(18(19)20)5-11(15-10)16-12/h4-7H,2-3,12H2,1H3,(H2,13,15,16). The van der Waals surface area contributed by atoms with Gasteiger partial charge in [-0.2, -0.15) is 5.10 Å². The van der Waals surface area contributed by atoms with Crippen LogP contribution in [0.2, 0.25) is 0 Å². The van der Waals surface area contributed by atoms with Gasteiger partial charge in [-0.1, -0.05) is 0 Å². The van der Waals surface area contributed by atoms with E-state index in [1.54, 1.807) is 10.9 Å². The minimum absolute atomic E-state index is 0.0724. The maximum Gasteiger partial charge on any atom is 0.276 e. The molecule has 20 heavy (non-hydrogen) atoms. The Balaban J connectivity index is 2.01. The first-order chi connectivity index (χ1) is 9.58. The Morgan fingerprint density at radius 1 is 1.45 bits per heavy atom. The summed E-state index contributed by atoms with van der Waals surface area (Å²) in [5.41, 5.74) is 3.30. The van der Waals surface area contributed by atoms with Gasteiger partial charge in [0.15, 0.2) is 0 Å². The van der Waals surface area contributed by atoms with Gasteiger partial charge in [-0.15, -0.1) is 0 Å². The van der Waals surface area contributed by atoms with Gasteiger partial charge in [-0.3, -0.25) is 14.8 Å². The molecule has 0 amide bonds. The molecule has 0 radical (unpaired) electrons. The van der Waals surface area contributed by atoms with Gasteiger partial charge in [0, 0.05) is 19.8 Å². The third-order valence-corrected chi connectivity index (χ3v) is 2.65. The fourth-order valence-electron chi connectivity index (χ4n) is 1.72. The highest BCUT2D eigenvalue weighted by Crippen LogP contribution is 2.19. The summed E-state index contributed by atoms with van der Waals surface area (Å²) in [5.74, 6) is 5.87. The van der Waals surface area contributed by atoms with Crippen LogP contribution in [0.25, 0.3) is 0 Å². The van der Waals surface area contributed by atoms with E-state index in [1.165, 1.54) is 12.1 Å². The number of nitrogens with two attached hydrogens (primary N) is 1. The number of anilines is 2. The molecule has 2 rings (SSSR count). The molecule has 0 bridgehead atoms. The quantitative estimate of drug-likeness (QED) is 0.402. The second kappa shape index (κ2) is 5.97. The third-order valence-electron chi connectivity index (χ3n) is 2.65. The van der Waals surface area contributed by atoms with E-state index in [0.29, 0.717) is 12.4 Å². The summed E-state index contributed by atoms with van der Waals surface area (Å²) in [5, 5.41) is 17.9. The van der Waals surface area contributed by atoms with Crippen LogP contribution >= 0.6 is 0 Å². The first-order valence-corrected chi connectivity index (χ1v) is 5.93. The fourth-order valence-corrected chi connectivity index (χ4v) is 1.72. The Labute approximate surface area is 114 Å². The van der Waals surface area contributed by atoms with Gasteiger partial charge in [-0.25, -0.2) is 10.8 Å². The Kier molecular flexibility index (Phi) is 4.11. The molecule has 4 N–H and O–H groups in total. The van der Waals surface area contributed by atoms with Crippen molar-refractivity contribution in [3.8, 4) is 0 Å². The minimum atomic E-state index is -0.491. The molecule has 0 spiro atoms. The lowest BCUT2D eigenvalue weighted by Gasteiger charge is -2.06. The van der Waals surface area contributed by atoms with E-state index in [4.69, 9.17) is 5.84 Å². The first-order valence-electron chi connectivity index (χ1n) is 5.93. The Morgan fingerprint density at radius 2 is 2.20 bits per heavy atom. The number of pyridine rings is 1. The highest BCUT2D eigenvalue weighted by Gasteiger charge is 2.10. The van der Waals surface area contributed by atoms with Gasteiger partial charge in [0.2, 0.25) is 0 Å². The summed E-state index contributed by atoms with van der Waals surface area (Å²) in [7, 11) is 1.85. The summed E-state index contributed by atoms with van der Waals surface area (Å²) in [6.07, 6.45) is 4.43. The molecule has 9 heteroatoms. The predicted octanol–water partition coefficient (Wildman–Crippen LogP) is 0.663. The molecule has 0 aliphatic carbocycles. The minimum Gasteiger partial charge on any atom is -0.369 e. The van der Waals surface area contributed by atoms with Crippen LogP contribution in [0.4, 0.5) is 17.3 Å². The van der Waals surface area contributed by atoms with Crippen LogP contribution in [0.1, 0.15) is 5.56 Å². The number of hydrogen-bond acceptors (Lipinski definition) is 7. The highest BCUT2D eigenvalue weighted by atomic mass is 16.6. The van der Waals surface area contributed by atoms with Crippen molar-refractivity contribution in [2.75, 3.05) is 17.3 Å². The van der Waals surface area contributed by atoms with Crippen molar-refractivity contribution in [3.05, 3.63) is 40.2 Å². The smallest absolute Gasteiger partial charge is 0.276 e. The molecule has 0 aliphatic heterocycles. The fraction of sp³-hybridized carbons (Fsp3) is 0.273. The maximum atomic E-state index is 10.8. The van der Waals surface area contributed by atoms with Gasteiger partial charge < -0.3 is 10.7 Å². The van der Waals surface area contributed by atoms with Crippen LogP contribution in [-0.2, 0) is 13.5 Å². The number of rotatable bonds is 6. The average molecular weight is 277 g/mol. The number of aromatic nitrogens is 3. The van der Waals surface area contributed by atoms with Crippen molar-refractivity contribution in [1.82, 2.24) is 14.8 Å². The zero-order chi connectivity index (χ0) is 14.5. The second-order valence-electron chi connectivity index (χ2n) is 4.20. The summed E-state index contributed by atoms with van der Waals surface area (Å²) >= 11 is 0. The van der Waals surface area contributed by atoms with E-state index in [2.05, 4.69) is 20.8 Å². The topological polar surface area (TPSA) is 124 Å². The van der Waals surface area contributed by atoms with Crippen molar-refractivity contribution < 1.29 is 4.92 Å². The normalized spacial score (nSPS) is 10.3. The van der Waals surface area contributed by atoms with Crippen LogP contribution in [0.15, 0.2) is 24.5 Å². The number of nitrogens with zero attached hydrogens (tertiary/aromatic N) is 4. The molecular weight excluding hydrogens is 262 g/mol. The molecular formula is C11H15N7O2. The number of aryl methyl sites for hydroxylation is 1. The van der Waals surface area contributed by atoms with Crippen molar-refractivity contribution in [2.45, 2.75) is 6.42 Å². The van der Waals surface area contributed by atoms with E-state index in [1.807, 2.05) is 13.2 Å². The SMILES string of the molecule is Cn1cc(CCNc2cc([N+](=O)[O-])cc(NN)n2)cn1. The number of nitrogens with one attached hydrogen (secondary N) is 2. The van der Waals surface area contributed by atoms with Crippen LogP contribution in [0.3, 0.4) is 0 Å². The molecule has 0 unspecified atom stereocenters. The molecule has 0 saturated heterocycles. The summed E-state index contributed by atoms with van der Waals surface area (Å²) in [6.45, 7) is 0.587. The number of hydrogen-bond donors (Lipinski definition) is 3. The zero-order valence-corrected chi connectivity index (χ0v) is 10.9. The molecule has 0 saturated carbocycles. The molecule has 0 atom stereocenters. The monoisotopic (exact) mass is 277 g/mol. The first kappa shape index (κ1) is 13.7. The number of hydrazine groups is 1. The summed E-state index contributed by atoms with van der Waals surface area (Å²) in [6, 6.07) is 2.64. The molecule has 0 fully saturated rings. The van der Waals surface area contributed by atoms with Crippen molar-refractivity contribution >= 4 is 17.3 Å². The maximum absolute atomic E-state index is 10.8. The van der Waals surface area contributed by atoms with E-state index in [9.17, 15) is 10.1 Å². The average Bonchev–Trinajstić information content (AvgIpc) is 2.84. The van der Waals surface area contributed by atoms with E-state index >= 15 is 0 Å². The Hall–Kier alpha value is -2.68. The molecule has 2 heterocycles. The van der Waals surface area contributed by atoms with Gasteiger partial charge in [0.05, 0.1) is 23.3 Å². The Bertz CT molecular complexity index is 611. The number of nitrogen functional groups attached to an aromatic ring is 1. The van der Waals surface area contributed by atoms with Gasteiger partial charge >= 0.3 is 0 Å². The van der Waals surface area contributed by atoms with Crippen LogP contribution in [-0.4, -0.2) is 26.2 Å². The molecule has 2 aromatic heterocycles. The summed E-state index contributed by atoms with van der Waals surface area (Å²) in [4.78, 5) is 14.4. The summed E-state index contributed by atoms with van der Waals surface area (Å²) < 4.78 is 1.72. The predicted molar refractivity (Wildman–Crippen MR) is 74.1 cm³/mol. The van der Waals surface area contributed by atoms with Crippen LogP contribution in [0.5, 0.6) is 0 Å². The largest absolute Gasteiger partial charge is 0.369 e. The van der Waals surface area contributed by atoms with Gasteiger partial charge in [0.1, 0.15) is 11.6 Å². The lowest BCUT2D eigenvalue weighted by Crippen LogP contribution is -2.12. The molecule has 0 aliphatic rings. The highest BCUT2D eigenvalue weighted by molar-refractivity contribution is 5.54. The van der Waals surface area contributed by atoms with Crippen LogP contribution < -0.4 is 16.6 Å². The molecule has 9 nitrogen and oxygen atoms in total. The van der Waals surface area contributed by atoms with Gasteiger partial charge in [-0.05, 0) is 12.0 Å². The Morgan fingerprint density at radius 3 is 2.80 bits per heavy atom. The third kappa shape index (κ3) is 3.42. The lowest BCUT2D eigenvalue weighted by atomic mass is 10.2. The molecule has 0 aromatic carbocycles.